The predicted octanol–water partition coefficient (Wildman–Crippen LogP) is 3.47. The normalized spacial score (nSPS) is 10.6. The summed E-state index contributed by atoms with van der Waals surface area (Å²) in [7, 11) is 1.35. The number of methoxy groups -OCH3 is 1. The maximum absolute atomic E-state index is 12.5. The number of carbonyl (C=O) groups excluding carboxylic acids is 2. The molecule has 1 N–H and O–H groups in total. The molecule has 25 heavy (non-hydrogen) atoms. The first-order chi connectivity index (χ1) is 12.0. The number of ether oxygens (including phenoxy) is 1. The van der Waals surface area contributed by atoms with Crippen molar-refractivity contribution in [3.8, 4) is 0 Å². The summed E-state index contributed by atoms with van der Waals surface area (Å²) in [6.07, 6.45) is 1.02. The minimum absolute atomic E-state index is 0.176. The van der Waals surface area contributed by atoms with Crippen molar-refractivity contribution in [3.63, 3.8) is 0 Å². The van der Waals surface area contributed by atoms with Crippen molar-refractivity contribution in [1.29, 1.82) is 0 Å². The number of esters is 1. The van der Waals surface area contributed by atoms with Crippen LogP contribution < -0.4 is 5.32 Å². The Bertz CT molecular complexity index is 533. The summed E-state index contributed by atoms with van der Waals surface area (Å²) in [5, 5.41) is 3.45. The van der Waals surface area contributed by atoms with Crippen LogP contribution >= 0.6 is 11.6 Å². The van der Waals surface area contributed by atoms with Crippen molar-refractivity contribution >= 4 is 29.3 Å². The van der Waals surface area contributed by atoms with Gasteiger partial charge in [-0.2, -0.15) is 0 Å². The molecule has 0 aliphatic carbocycles. The highest BCUT2D eigenvalue weighted by atomic mass is 35.5. The molecule has 0 heterocycles. The number of nitrogens with one attached hydrogen (secondary N) is 1. The highest BCUT2D eigenvalue weighted by Crippen LogP contribution is 2.14. The summed E-state index contributed by atoms with van der Waals surface area (Å²) in [5.41, 5.74) is 0.668. The molecule has 1 rings (SSSR count). The van der Waals surface area contributed by atoms with E-state index in [4.69, 9.17) is 11.6 Å². The summed E-state index contributed by atoms with van der Waals surface area (Å²) < 4.78 is 4.67. The number of anilines is 1. The van der Waals surface area contributed by atoms with Crippen LogP contribution in [0, 0.1) is 0 Å². The van der Waals surface area contributed by atoms with Gasteiger partial charge in [-0.1, -0.05) is 25.4 Å². The van der Waals surface area contributed by atoms with E-state index in [0.717, 1.165) is 26.1 Å². The molecule has 0 fully saturated rings. The Morgan fingerprint density at radius 3 is 2.28 bits per heavy atom. The van der Waals surface area contributed by atoms with Gasteiger partial charge in [0.25, 0.3) is 0 Å². The van der Waals surface area contributed by atoms with Crippen LogP contribution in [0.4, 0.5) is 10.5 Å². The van der Waals surface area contributed by atoms with Crippen molar-refractivity contribution in [2.75, 3.05) is 45.2 Å². The summed E-state index contributed by atoms with van der Waals surface area (Å²) in [5.74, 6) is -0.326. The van der Waals surface area contributed by atoms with Crippen LogP contribution in [0.15, 0.2) is 24.3 Å². The van der Waals surface area contributed by atoms with E-state index in [1.54, 1.807) is 29.2 Å². The molecule has 0 aliphatic heterocycles. The number of halogens is 1. The van der Waals surface area contributed by atoms with Gasteiger partial charge in [0.1, 0.15) is 0 Å². The Morgan fingerprint density at radius 2 is 1.72 bits per heavy atom. The molecule has 0 aromatic heterocycles. The van der Waals surface area contributed by atoms with Crippen molar-refractivity contribution in [2.24, 2.45) is 0 Å². The minimum Gasteiger partial charge on any atom is -0.469 e. The average Bonchev–Trinajstić information content (AvgIpc) is 2.62. The maximum Gasteiger partial charge on any atom is 0.321 e. The van der Waals surface area contributed by atoms with Gasteiger partial charge in [-0.25, -0.2) is 4.79 Å². The molecule has 1 aromatic carbocycles. The van der Waals surface area contributed by atoms with Gasteiger partial charge >= 0.3 is 12.0 Å². The van der Waals surface area contributed by atoms with E-state index in [9.17, 15) is 9.59 Å². The first-order valence-electron chi connectivity index (χ1n) is 8.60. The molecule has 2 amide bonds. The van der Waals surface area contributed by atoms with E-state index in [1.807, 2.05) is 0 Å². The third-order valence-electron chi connectivity index (χ3n) is 3.99. The van der Waals surface area contributed by atoms with Gasteiger partial charge in [-0.3, -0.25) is 4.79 Å². The highest BCUT2D eigenvalue weighted by Gasteiger charge is 2.15. The third kappa shape index (κ3) is 8.23. The van der Waals surface area contributed by atoms with Crippen molar-refractivity contribution in [2.45, 2.75) is 26.7 Å². The van der Waals surface area contributed by atoms with E-state index in [-0.39, 0.29) is 18.4 Å². The van der Waals surface area contributed by atoms with Gasteiger partial charge in [0.15, 0.2) is 0 Å². The Labute approximate surface area is 155 Å². The fourth-order valence-electron chi connectivity index (χ4n) is 2.40. The molecular formula is C18H28ClN3O3. The average molecular weight is 370 g/mol. The molecule has 0 saturated heterocycles. The number of benzene rings is 1. The second-order valence-corrected chi connectivity index (χ2v) is 6.07. The molecule has 0 spiro atoms. The molecular weight excluding hydrogens is 342 g/mol. The summed E-state index contributed by atoms with van der Waals surface area (Å²) in [4.78, 5) is 27.9. The number of hydrogen-bond acceptors (Lipinski definition) is 4. The van der Waals surface area contributed by atoms with Crippen molar-refractivity contribution < 1.29 is 14.3 Å². The summed E-state index contributed by atoms with van der Waals surface area (Å²) in [6, 6.07) is 6.70. The molecule has 6 nitrogen and oxygen atoms in total. The van der Waals surface area contributed by atoms with Gasteiger partial charge in [0.2, 0.25) is 0 Å². The maximum atomic E-state index is 12.5. The van der Waals surface area contributed by atoms with Crippen molar-refractivity contribution in [3.05, 3.63) is 29.3 Å². The first-order valence-corrected chi connectivity index (χ1v) is 8.98. The van der Waals surface area contributed by atoms with Crippen LogP contribution in [0.3, 0.4) is 0 Å². The molecule has 0 radical (unpaired) electrons. The number of rotatable bonds is 10. The van der Waals surface area contributed by atoms with Gasteiger partial charge in [-0.05, 0) is 50.3 Å². The zero-order chi connectivity index (χ0) is 18.7. The fourth-order valence-corrected chi connectivity index (χ4v) is 2.53. The summed E-state index contributed by atoms with van der Waals surface area (Å²) >= 11 is 5.86. The molecule has 140 valence electrons. The van der Waals surface area contributed by atoms with E-state index < -0.39 is 0 Å². The Balaban J connectivity index is 2.62. The minimum atomic E-state index is -0.326. The lowest BCUT2D eigenvalue weighted by atomic mass is 10.3. The smallest absolute Gasteiger partial charge is 0.321 e. The number of amides is 2. The Morgan fingerprint density at radius 1 is 1.08 bits per heavy atom. The van der Waals surface area contributed by atoms with Gasteiger partial charge in [0.05, 0.1) is 13.5 Å². The topological polar surface area (TPSA) is 61.9 Å². The molecule has 0 bridgehead atoms. The standard InChI is InChI=1S/C18H28ClN3O3/c1-4-21(5-2)12-6-13-22(14-11-17(23)25-3)18(24)20-16-9-7-15(19)8-10-16/h7-10H,4-6,11-14H2,1-3H3,(H,20,24). The molecule has 1 aromatic rings. The van der Waals surface area contributed by atoms with Gasteiger partial charge in [-0.15, -0.1) is 0 Å². The molecule has 0 saturated carbocycles. The van der Waals surface area contributed by atoms with Crippen LogP contribution in [-0.4, -0.2) is 61.6 Å². The quantitative estimate of drug-likeness (QED) is 0.641. The third-order valence-corrected chi connectivity index (χ3v) is 4.24. The van der Waals surface area contributed by atoms with Crippen LogP contribution in [0.2, 0.25) is 5.02 Å². The molecule has 0 aliphatic rings. The number of carbonyl (C=O) groups is 2. The van der Waals surface area contributed by atoms with Crippen LogP contribution in [0.1, 0.15) is 26.7 Å². The largest absolute Gasteiger partial charge is 0.469 e. The van der Waals surface area contributed by atoms with Gasteiger partial charge < -0.3 is 19.9 Å². The van der Waals surface area contributed by atoms with E-state index >= 15 is 0 Å². The Kier molecular flexibility index (Phi) is 9.96. The number of hydrogen-bond donors (Lipinski definition) is 1. The van der Waals surface area contributed by atoms with Crippen LogP contribution in [-0.2, 0) is 9.53 Å². The Hall–Kier alpha value is -1.79. The number of urea groups is 1. The lowest BCUT2D eigenvalue weighted by Gasteiger charge is -2.25. The second-order valence-electron chi connectivity index (χ2n) is 5.63. The lowest BCUT2D eigenvalue weighted by molar-refractivity contribution is -0.140. The molecule has 7 heteroatoms. The van der Waals surface area contributed by atoms with Crippen LogP contribution in [0.25, 0.3) is 0 Å². The zero-order valence-corrected chi connectivity index (χ0v) is 16.0. The highest BCUT2D eigenvalue weighted by molar-refractivity contribution is 6.30. The monoisotopic (exact) mass is 369 g/mol. The van der Waals surface area contributed by atoms with E-state index in [0.29, 0.717) is 23.8 Å². The van der Waals surface area contributed by atoms with E-state index in [2.05, 4.69) is 28.8 Å². The SMILES string of the molecule is CCN(CC)CCCN(CCC(=O)OC)C(=O)Nc1ccc(Cl)cc1. The molecule has 0 atom stereocenters. The lowest BCUT2D eigenvalue weighted by Crippen LogP contribution is -2.38. The zero-order valence-electron chi connectivity index (χ0n) is 15.3. The molecule has 0 unspecified atom stereocenters. The van der Waals surface area contributed by atoms with Gasteiger partial charge in [0, 0.05) is 23.8 Å². The first kappa shape index (κ1) is 21.3. The summed E-state index contributed by atoms with van der Waals surface area (Å²) in [6.45, 7) is 8.01. The van der Waals surface area contributed by atoms with Crippen molar-refractivity contribution in [1.82, 2.24) is 9.80 Å². The second kappa shape index (κ2) is 11.7. The number of nitrogens with zero attached hydrogens (tertiary/aromatic N) is 2. The van der Waals surface area contributed by atoms with Crippen LogP contribution in [0.5, 0.6) is 0 Å². The predicted molar refractivity (Wildman–Crippen MR) is 101 cm³/mol. The fraction of sp³-hybridized carbons (Fsp3) is 0.556. The van der Waals surface area contributed by atoms with E-state index in [1.165, 1.54) is 7.11 Å².